The monoisotopic (exact) mass is 260 g/mol. The molecule has 0 saturated heterocycles. The zero-order valence-corrected chi connectivity index (χ0v) is 11.2. The average molecular weight is 260 g/mol. The van der Waals surface area contributed by atoms with Crippen LogP contribution in [0.3, 0.4) is 0 Å². The maximum Gasteiger partial charge on any atom is 0.417 e. The first-order valence-corrected chi connectivity index (χ1v) is 7.03. The molecule has 1 aliphatic carbocycles. The molecule has 4 heteroatoms. The summed E-state index contributed by atoms with van der Waals surface area (Å²) in [6, 6.07) is 5.82. The zero-order valence-electron chi connectivity index (χ0n) is 11.2. The van der Waals surface area contributed by atoms with Crippen molar-refractivity contribution >= 4 is 11.1 Å². The van der Waals surface area contributed by atoms with Crippen LogP contribution in [-0.4, -0.2) is 4.98 Å². The highest BCUT2D eigenvalue weighted by Crippen LogP contribution is 2.49. The van der Waals surface area contributed by atoms with Gasteiger partial charge in [-0.25, -0.2) is 4.79 Å². The number of nitrogens with two attached hydrogens (primary N) is 1. The Bertz CT molecular complexity index is 635. The van der Waals surface area contributed by atoms with Crippen molar-refractivity contribution in [3.8, 4) is 0 Å². The first-order chi connectivity index (χ1) is 9.14. The molecular weight excluding hydrogens is 240 g/mol. The van der Waals surface area contributed by atoms with E-state index in [1.807, 2.05) is 18.2 Å². The smallest absolute Gasteiger partial charge is 0.408 e. The molecule has 0 radical (unpaired) electrons. The number of benzene rings is 1. The molecular formula is C15H20N2O2. The Morgan fingerprint density at radius 1 is 1.42 bits per heavy atom. The van der Waals surface area contributed by atoms with Gasteiger partial charge in [0, 0.05) is 6.04 Å². The molecule has 0 aliphatic heterocycles. The third-order valence-electron chi connectivity index (χ3n) is 4.77. The summed E-state index contributed by atoms with van der Waals surface area (Å²) in [6.07, 6.45) is 6.02. The quantitative estimate of drug-likeness (QED) is 0.890. The molecule has 0 amide bonds. The zero-order chi connectivity index (χ0) is 13.5. The van der Waals surface area contributed by atoms with E-state index in [0.29, 0.717) is 5.58 Å². The van der Waals surface area contributed by atoms with Gasteiger partial charge in [-0.2, -0.15) is 0 Å². The second kappa shape index (κ2) is 4.53. The van der Waals surface area contributed by atoms with E-state index >= 15 is 0 Å². The third kappa shape index (κ3) is 2.00. The largest absolute Gasteiger partial charge is 0.417 e. The van der Waals surface area contributed by atoms with Crippen molar-refractivity contribution in [1.29, 1.82) is 0 Å². The minimum Gasteiger partial charge on any atom is -0.408 e. The number of aromatic amines is 1. The van der Waals surface area contributed by atoms with Crippen molar-refractivity contribution in [2.45, 2.75) is 45.1 Å². The lowest BCUT2D eigenvalue weighted by molar-refractivity contribution is 0.222. The van der Waals surface area contributed by atoms with Gasteiger partial charge in [0.1, 0.15) is 0 Å². The number of hydrogen-bond acceptors (Lipinski definition) is 3. The number of hydrogen-bond donors (Lipinski definition) is 2. The summed E-state index contributed by atoms with van der Waals surface area (Å²) in [5.74, 6) is -0.410. The van der Waals surface area contributed by atoms with Crippen molar-refractivity contribution in [3.63, 3.8) is 0 Å². The van der Waals surface area contributed by atoms with Crippen LogP contribution < -0.4 is 11.5 Å². The maximum atomic E-state index is 11.2. The van der Waals surface area contributed by atoms with E-state index in [-0.39, 0.29) is 11.5 Å². The highest BCUT2D eigenvalue weighted by molar-refractivity contribution is 5.72. The number of fused-ring (bicyclic) bond motifs is 1. The van der Waals surface area contributed by atoms with Crippen LogP contribution in [0.15, 0.2) is 27.4 Å². The molecule has 0 spiro atoms. The van der Waals surface area contributed by atoms with Gasteiger partial charge in [0.2, 0.25) is 0 Å². The second-order valence-electron chi connectivity index (χ2n) is 5.67. The number of H-pyrrole nitrogens is 1. The van der Waals surface area contributed by atoms with Crippen LogP contribution >= 0.6 is 0 Å². The molecule has 1 saturated carbocycles. The highest BCUT2D eigenvalue weighted by atomic mass is 16.4. The van der Waals surface area contributed by atoms with Crippen molar-refractivity contribution < 1.29 is 4.42 Å². The Morgan fingerprint density at radius 2 is 2.16 bits per heavy atom. The van der Waals surface area contributed by atoms with Crippen molar-refractivity contribution in [1.82, 2.24) is 4.98 Å². The van der Waals surface area contributed by atoms with Gasteiger partial charge in [0.25, 0.3) is 0 Å². The molecule has 19 heavy (non-hydrogen) atoms. The summed E-state index contributed by atoms with van der Waals surface area (Å²) >= 11 is 0. The Kier molecular flexibility index (Phi) is 2.97. The number of nitrogens with one attached hydrogen (secondary N) is 1. The number of aromatic nitrogens is 1. The van der Waals surface area contributed by atoms with Gasteiger partial charge in [-0.1, -0.05) is 25.8 Å². The second-order valence-corrected chi connectivity index (χ2v) is 5.67. The molecule has 1 aliphatic rings. The Morgan fingerprint density at radius 3 is 2.84 bits per heavy atom. The maximum absolute atomic E-state index is 11.2. The molecule has 4 nitrogen and oxygen atoms in total. The van der Waals surface area contributed by atoms with Crippen molar-refractivity contribution in [2.24, 2.45) is 11.1 Å². The minimum atomic E-state index is -0.410. The summed E-state index contributed by atoms with van der Waals surface area (Å²) in [6.45, 7) is 2.22. The predicted molar refractivity (Wildman–Crippen MR) is 75.0 cm³/mol. The molecule has 1 atom stereocenters. The van der Waals surface area contributed by atoms with Crippen molar-refractivity contribution in [2.75, 3.05) is 0 Å². The minimum absolute atomic E-state index is 0.0182. The van der Waals surface area contributed by atoms with E-state index in [4.69, 9.17) is 10.2 Å². The first-order valence-electron chi connectivity index (χ1n) is 7.03. The van der Waals surface area contributed by atoms with Crippen LogP contribution in [0.25, 0.3) is 11.1 Å². The first kappa shape index (κ1) is 12.5. The van der Waals surface area contributed by atoms with Crippen molar-refractivity contribution in [3.05, 3.63) is 34.3 Å². The number of rotatable bonds is 3. The molecule has 1 aromatic carbocycles. The van der Waals surface area contributed by atoms with Gasteiger partial charge >= 0.3 is 5.76 Å². The fourth-order valence-electron chi connectivity index (χ4n) is 3.47. The van der Waals surface area contributed by atoms with Gasteiger partial charge in [-0.05, 0) is 42.4 Å². The van der Waals surface area contributed by atoms with Gasteiger partial charge in [-0.15, -0.1) is 0 Å². The van der Waals surface area contributed by atoms with E-state index in [1.165, 1.54) is 25.7 Å². The Hall–Kier alpha value is -1.55. The summed E-state index contributed by atoms with van der Waals surface area (Å²) < 4.78 is 5.12. The van der Waals surface area contributed by atoms with Crippen LogP contribution in [0.4, 0.5) is 0 Å². The Balaban J connectivity index is 2.00. The predicted octanol–water partition coefficient (Wildman–Crippen LogP) is 3.09. The van der Waals surface area contributed by atoms with Gasteiger partial charge in [0.05, 0.1) is 5.52 Å². The van der Waals surface area contributed by atoms with Gasteiger partial charge in [0.15, 0.2) is 5.58 Å². The summed E-state index contributed by atoms with van der Waals surface area (Å²) in [5.41, 5.74) is 9.13. The van der Waals surface area contributed by atoms with Crippen LogP contribution in [0, 0.1) is 5.41 Å². The van der Waals surface area contributed by atoms with E-state index in [2.05, 4.69) is 11.9 Å². The van der Waals surface area contributed by atoms with Gasteiger partial charge < -0.3 is 10.2 Å². The fraction of sp³-hybridized carbons (Fsp3) is 0.533. The molecule has 1 unspecified atom stereocenters. The molecule has 3 N–H and O–H groups in total. The highest BCUT2D eigenvalue weighted by Gasteiger charge is 2.38. The molecule has 0 bridgehead atoms. The lowest BCUT2D eigenvalue weighted by Crippen LogP contribution is -2.31. The van der Waals surface area contributed by atoms with Crippen LogP contribution in [0.1, 0.15) is 50.6 Å². The third-order valence-corrected chi connectivity index (χ3v) is 4.77. The standard InChI is InChI=1S/C15H20N2O2/c1-2-15(7-3-4-8-15)13(16)10-5-6-11-12(9-10)19-14(18)17-11/h5-6,9,13H,2-4,7-8,16H2,1H3,(H,17,18). The molecule has 1 aromatic heterocycles. The number of oxazole rings is 1. The SMILES string of the molecule is CCC1(C(N)c2ccc3[nH]c(=O)oc3c2)CCCC1. The Labute approximate surface area is 112 Å². The lowest BCUT2D eigenvalue weighted by atomic mass is 9.74. The summed E-state index contributed by atoms with van der Waals surface area (Å²) in [4.78, 5) is 13.8. The normalized spacial score (nSPS) is 19.9. The molecule has 3 rings (SSSR count). The summed E-state index contributed by atoms with van der Waals surface area (Å²) in [5, 5.41) is 0. The lowest BCUT2D eigenvalue weighted by Gasteiger charge is -2.34. The van der Waals surface area contributed by atoms with Gasteiger partial charge in [-0.3, -0.25) is 4.98 Å². The summed E-state index contributed by atoms with van der Waals surface area (Å²) in [7, 11) is 0. The van der Waals surface area contributed by atoms with Crippen LogP contribution in [0.2, 0.25) is 0 Å². The molecule has 102 valence electrons. The van der Waals surface area contributed by atoms with Crippen LogP contribution in [0.5, 0.6) is 0 Å². The van der Waals surface area contributed by atoms with E-state index < -0.39 is 5.76 Å². The molecule has 1 fully saturated rings. The topological polar surface area (TPSA) is 72.0 Å². The molecule has 1 heterocycles. The van der Waals surface area contributed by atoms with Crippen LogP contribution in [-0.2, 0) is 0 Å². The molecule has 2 aromatic rings. The fourth-order valence-corrected chi connectivity index (χ4v) is 3.47. The van der Waals surface area contributed by atoms with E-state index in [9.17, 15) is 4.79 Å². The average Bonchev–Trinajstić information content (AvgIpc) is 3.02. The van der Waals surface area contributed by atoms with E-state index in [1.54, 1.807) is 0 Å². The van der Waals surface area contributed by atoms with E-state index in [0.717, 1.165) is 17.5 Å².